The molecule has 7 nitrogen and oxygen atoms in total. The third-order valence-corrected chi connectivity index (χ3v) is 4.78. The number of methoxy groups -OCH3 is 1. The first-order chi connectivity index (χ1) is 14.6. The number of nitrogens with one attached hydrogen (secondary N) is 1. The van der Waals surface area contributed by atoms with E-state index in [0.717, 1.165) is 15.3 Å². The Bertz CT molecular complexity index is 1350. The molecule has 0 aliphatic heterocycles. The zero-order valence-corrected chi connectivity index (χ0v) is 16.2. The lowest BCUT2D eigenvalue weighted by Gasteiger charge is -2.12. The molecule has 1 amide bonds. The van der Waals surface area contributed by atoms with E-state index >= 15 is 0 Å². The van der Waals surface area contributed by atoms with Crippen molar-refractivity contribution in [1.29, 1.82) is 0 Å². The highest BCUT2D eigenvalue weighted by Crippen LogP contribution is 2.23. The fraction of sp³-hybridized carbons (Fsp3) is 0.0870. The molecule has 0 saturated heterocycles. The maximum Gasteiger partial charge on any atom is 0.321 e. The third kappa shape index (κ3) is 3.60. The van der Waals surface area contributed by atoms with Gasteiger partial charge in [-0.05, 0) is 23.6 Å². The Morgan fingerprint density at radius 3 is 2.47 bits per heavy atom. The Kier molecular flexibility index (Phi) is 5.17. The third-order valence-electron chi connectivity index (χ3n) is 4.78. The second kappa shape index (κ2) is 8.08. The number of rotatable bonds is 5. The number of aromatic nitrogens is 2. The molecule has 7 heteroatoms. The van der Waals surface area contributed by atoms with Gasteiger partial charge in [0, 0.05) is 17.8 Å². The number of anilines is 1. The molecule has 0 aliphatic carbocycles. The summed E-state index contributed by atoms with van der Waals surface area (Å²) in [6, 6.07) is 20.1. The van der Waals surface area contributed by atoms with Crippen LogP contribution < -0.4 is 21.2 Å². The highest BCUT2D eigenvalue weighted by Gasteiger charge is 2.13. The van der Waals surface area contributed by atoms with Crippen LogP contribution in [0.2, 0.25) is 0 Å². The lowest BCUT2D eigenvalue weighted by atomic mass is 10.1. The van der Waals surface area contributed by atoms with Crippen molar-refractivity contribution in [2.24, 2.45) is 0 Å². The largest absolute Gasteiger partial charge is 0.495 e. The maximum absolute atomic E-state index is 12.8. The number of carbonyl (C=O) groups excluding carboxylic acids is 1. The Hall–Kier alpha value is -4.13. The van der Waals surface area contributed by atoms with Crippen molar-refractivity contribution in [1.82, 2.24) is 9.13 Å². The highest BCUT2D eigenvalue weighted by molar-refractivity contribution is 5.92. The average Bonchev–Trinajstić information content (AvgIpc) is 2.77. The van der Waals surface area contributed by atoms with E-state index in [1.54, 1.807) is 30.3 Å². The predicted molar refractivity (Wildman–Crippen MR) is 115 cm³/mol. The number of amides is 1. The molecule has 3 aromatic carbocycles. The van der Waals surface area contributed by atoms with Gasteiger partial charge in [0.2, 0.25) is 5.91 Å². The van der Waals surface area contributed by atoms with Crippen molar-refractivity contribution in [2.75, 3.05) is 12.4 Å². The normalized spacial score (nSPS) is 10.7. The van der Waals surface area contributed by atoms with Crippen molar-refractivity contribution in [3.05, 3.63) is 99.8 Å². The monoisotopic (exact) mass is 401 g/mol. The molecule has 0 bridgehead atoms. The van der Waals surface area contributed by atoms with E-state index in [-0.39, 0.29) is 6.54 Å². The summed E-state index contributed by atoms with van der Waals surface area (Å²) < 4.78 is 7.60. The topological polar surface area (TPSA) is 82.3 Å². The fourth-order valence-electron chi connectivity index (χ4n) is 3.33. The number of para-hydroxylation sites is 2. The van der Waals surface area contributed by atoms with E-state index < -0.39 is 17.0 Å². The Balaban J connectivity index is 1.64. The Morgan fingerprint density at radius 1 is 0.900 bits per heavy atom. The van der Waals surface area contributed by atoms with Crippen LogP contribution in [0.15, 0.2) is 88.7 Å². The summed E-state index contributed by atoms with van der Waals surface area (Å²) >= 11 is 0. The van der Waals surface area contributed by atoms with Gasteiger partial charge < -0.3 is 10.1 Å². The fourth-order valence-corrected chi connectivity index (χ4v) is 3.33. The zero-order valence-electron chi connectivity index (χ0n) is 16.2. The minimum Gasteiger partial charge on any atom is -0.495 e. The van der Waals surface area contributed by atoms with E-state index in [0.29, 0.717) is 17.1 Å². The molecule has 0 atom stereocenters. The predicted octanol–water partition coefficient (Wildman–Crippen LogP) is 2.80. The van der Waals surface area contributed by atoms with Crippen molar-refractivity contribution in [3.63, 3.8) is 0 Å². The molecule has 0 fully saturated rings. The van der Waals surface area contributed by atoms with Crippen LogP contribution in [0.3, 0.4) is 0 Å². The van der Waals surface area contributed by atoms with Gasteiger partial charge in [0.05, 0.1) is 18.5 Å². The van der Waals surface area contributed by atoms with E-state index in [1.807, 2.05) is 36.4 Å². The summed E-state index contributed by atoms with van der Waals surface area (Å²) in [5.74, 6) is 0.0634. The minimum atomic E-state index is -0.777. The van der Waals surface area contributed by atoms with Gasteiger partial charge in [0.15, 0.2) is 0 Å². The number of fused-ring (bicyclic) bond motifs is 1. The molecule has 0 aliphatic rings. The van der Waals surface area contributed by atoms with Crippen LogP contribution in [0, 0.1) is 0 Å². The SMILES string of the molecule is COc1ccccc1NC(=O)Cn1ccn(-c2cccc3ccccc23)c(=O)c1=O. The lowest BCUT2D eigenvalue weighted by molar-refractivity contribution is -0.116. The number of nitrogens with zero attached hydrogens (tertiary/aromatic N) is 2. The number of hydrogen-bond donors (Lipinski definition) is 1. The van der Waals surface area contributed by atoms with Crippen molar-refractivity contribution in [3.8, 4) is 11.4 Å². The van der Waals surface area contributed by atoms with Crippen LogP contribution in [0.5, 0.6) is 5.75 Å². The molecule has 1 N–H and O–H groups in total. The molecular weight excluding hydrogens is 382 g/mol. The molecule has 0 saturated carbocycles. The number of carbonyl (C=O) groups is 1. The average molecular weight is 401 g/mol. The molecule has 0 radical (unpaired) electrons. The summed E-state index contributed by atoms with van der Waals surface area (Å²) in [5, 5.41) is 4.51. The first kappa shape index (κ1) is 19.2. The summed E-state index contributed by atoms with van der Waals surface area (Å²) in [5.41, 5.74) is -0.400. The van der Waals surface area contributed by atoms with Crippen LogP contribution >= 0.6 is 0 Å². The van der Waals surface area contributed by atoms with E-state index in [9.17, 15) is 14.4 Å². The summed E-state index contributed by atoms with van der Waals surface area (Å²) in [7, 11) is 1.50. The second-order valence-electron chi connectivity index (χ2n) is 6.65. The van der Waals surface area contributed by atoms with Gasteiger partial charge >= 0.3 is 11.1 Å². The standard InChI is InChI=1S/C23H19N3O4/c1-30-20-12-5-4-10-18(20)24-21(27)15-25-13-14-26(23(29)22(25)28)19-11-6-8-16-7-2-3-9-17(16)19/h2-14H,15H2,1H3,(H,24,27). The Labute approximate surface area is 171 Å². The molecule has 150 valence electrons. The minimum absolute atomic E-state index is 0.289. The molecule has 30 heavy (non-hydrogen) atoms. The van der Waals surface area contributed by atoms with E-state index in [2.05, 4.69) is 5.32 Å². The van der Waals surface area contributed by atoms with E-state index in [4.69, 9.17) is 4.74 Å². The second-order valence-corrected chi connectivity index (χ2v) is 6.65. The molecule has 0 spiro atoms. The van der Waals surface area contributed by atoms with E-state index in [1.165, 1.54) is 24.1 Å². The zero-order chi connectivity index (χ0) is 21.1. The molecule has 4 rings (SSSR count). The van der Waals surface area contributed by atoms with Gasteiger partial charge in [-0.25, -0.2) is 0 Å². The van der Waals surface area contributed by atoms with Crippen molar-refractivity contribution in [2.45, 2.75) is 6.54 Å². The molecule has 0 unspecified atom stereocenters. The van der Waals surface area contributed by atoms with Gasteiger partial charge in [0.1, 0.15) is 12.3 Å². The summed E-state index contributed by atoms with van der Waals surface area (Å²) in [6.07, 6.45) is 2.94. The van der Waals surface area contributed by atoms with Gasteiger partial charge in [-0.2, -0.15) is 0 Å². The highest BCUT2D eigenvalue weighted by atomic mass is 16.5. The molecule has 4 aromatic rings. The maximum atomic E-state index is 12.8. The number of ether oxygens (including phenoxy) is 1. The van der Waals surface area contributed by atoms with Gasteiger partial charge in [0.25, 0.3) is 0 Å². The first-order valence-electron chi connectivity index (χ1n) is 9.31. The summed E-state index contributed by atoms with van der Waals surface area (Å²) in [4.78, 5) is 37.8. The number of benzene rings is 3. The van der Waals surface area contributed by atoms with Crippen molar-refractivity contribution >= 4 is 22.4 Å². The molecule has 1 heterocycles. The van der Waals surface area contributed by atoms with Crippen LogP contribution in [0.25, 0.3) is 16.5 Å². The lowest BCUT2D eigenvalue weighted by Crippen LogP contribution is -2.41. The molecular formula is C23H19N3O4. The smallest absolute Gasteiger partial charge is 0.321 e. The number of hydrogen-bond acceptors (Lipinski definition) is 4. The van der Waals surface area contributed by atoms with Crippen LogP contribution in [0.1, 0.15) is 0 Å². The van der Waals surface area contributed by atoms with Crippen LogP contribution in [-0.4, -0.2) is 22.2 Å². The van der Waals surface area contributed by atoms with Gasteiger partial charge in [-0.3, -0.25) is 23.5 Å². The van der Waals surface area contributed by atoms with Crippen LogP contribution in [0.4, 0.5) is 5.69 Å². The molecule has 1 aromatic heterocycles. The summed E-state index contributed by atoms with van der Waals surface area (Å²) in [6.45, 7) is -0.289. The van der Waals surface area contributed by atoms with Gasteiger partial charge in [-0.15, -0.1) is 0 Å². The Morgan fingerprint density at radius 2 is 1.63 bits per heavy atom. The van der Waals surface area contributed by atoms with Gasteiger partial charge in [-0.1, -0.05) is 48.5 Å². The van der Waals surface area contributed by atoms with Crippen molar-refractivity contribution < 1.29 is 9.53 Å². The first-order valence-corrected chi connectivity index (χ1v) is 9.31. The quantitative estimate of drug-likeness (QED) is 0.522. The van der Waals surface area contributed by atoms with Crippen LogP contribution in [-0.2, 0) is 11.3 Å².